The molecule has 0 unspecified atom stereocenters. The summed E-state index contributed by atoms with van der Waals surface area (Å²) >= 11 is 0. The maximum absolute atomic E-state index is 14.3. The Morgan fingerprint density at radius 2 is 1.83 bits per heavy atom. The Bertz CT molecular complexity index is 1870. The Hall–Kier alpha value is -5.72. The third-order valence-electron chi connectivity index (χ3n) is 6.10. The van der Waals surface area contributed by atoms with E-state index in [1.165, 1.54) is 30.3 Å². The number of allylic oxidation sites excluding steroid dienone is 2. The normalized spacial score (nSPS) is 13.1. The number of alkyl halides is 6. The number of halogens is 6. The molecule has 3 heterocycles. The lowest BCUT2D eigenvalue weighted by molar-refractivity contribution is -0.143. The standard InChI is InChI=1S/C26H14F6N8O2/c27-25(28,29)17-8-13(10-35-22(17)37-12(9-34)6-7-33)38-24(42)16-11-36-40(21(16)26(30,31)32)19-5-4-18-20-14(19)2-1-3-15(20)23(41)39-18/h1-8,10-11,33H,(H,35,37)(H,38,42)(H,39,41)/b12-6-,33-7?. The lowest BCUT2D eigenvalue weighted by atomic mass is 10.0. The van der Waals surface area contributed by atoms with Gasteiger partial charge in [-0.3, -0.25) is 9.59 Å². The summed E-state index contributed by atoms with van der Waals surface area (Å²) in [6.45, 7) is 0. The fraction of sp³-hybridized carbons (Fsp3) is 0.0769. The predicted octanol–water partition coefficient (Wildman–Crippen LogP) is 5.75. The van der Waals surface area contributed by atoms with E-state index in [0.29, 0.717) is 34.2 Å². The number of nitriles is 1. The van der Waals surface area contributed by atoms with Crippen molar-refractivity contribution in [2.45, 2.75) is 12.4 Å². The van der Waals surface area contributed by atoms with Gasteiger partial charge in [-0.15, -0.1) is 0 Å². The molecule has 0 atom stereocenters. The second-order valence-electron chi connectivity index (χ2n) is 8.69. The van der Waals surface area contributed by atoms with E-state index < -0.39 is 58.2 Å². The lowest BCUT2D eigenvalue weighted by Gasteiger charge is -2.16. The first-order chi connectivity index (χ1) is 19.8. The lowest BCUT2D eigenvalue weighted by Crippen LogP contribution is -2.21. The summed E-state index contributed by atoms with van der Waals surface area (Å²) in [6.07, 6.45) is -7.27. The third kappa shape index (κ3) is 4.87. The van der Waals surface area contributed by atoms with Gasteiger partial charge in [0.05, 0.1) is 29.3 Å². The largest absolute Gasteiger partial charge is 0.434 e. The van der Waals surface area contributed by atoms with E-state index in [-0.39, 0.29) is 16.6 Å². The molecular weight excluding hydrogens is 570 g/mol. The Morgan fingerprint density at radius 3 is 2.50 bits per heavy atom. The van der Waals surface area contributed by atoms with Crippen LogP contribution in [0.15, 0.2) is 60.6 Å². The molecule has 0 bridgehead atoms. The number of amides is 2. The van der Waals surface area contributed by atoms with Crippen LogP contribution in [-0.2, 0) is 12.4 Å². The molecule has 1 aliphatic heterocycles. The molecule has 10 nitrogen and oxygen atoms in total. The van der Waals surface area contributed by atoms with Crippen LogP contribution in [0.5, 0.6) is 0 Å². The highest BCUT2D eigenvalue weighted by Gasteiger charge is 2.41. The second kappa shape index (κ2) is 10.0. The molecule has 4 N–H and O–H groups in total. The molecule has 0 fully saturated rings. The van der Waals surface area contributed by atoms with Gasteiger partial charge < -0.3 is 21.4 Å². The van der Waals surface area contributed by atoms with Gasteiger partial charge in [-0.05, 0) is 30.3 Å². The fourth-order valence-corrected chi connectivity index (χ4v) is 4.39. The Balaban J connectivity index is 1.55. The molecule has 2 aromatic carbocycles. The monoisotopic (exact) mass is 584 g/mol. The molecule has 0 saturated heterocycles. The fourth-order valence-electron chi connectivity index (χ4n) is 4.39. The van der Waals surface area contributed by atoms with Crippen LogP contribution in [0, 0.1) is 16.7 Å². The summed E-state index contributed by atoms with van der Waals surface area (Å²) in [6, 6.07) is 9.10. The number of hydrogen-bond acceptors (Lipinski definition) is 7. The highest BCUT2D eigenvalue weighted by Crippen LogP contribution is 2.40. The topological polar surface area (TPSA) is 149 Å². The molecule has 2 aromatic heterocycles. The Morgan fingerprint density at radius 1 is 1.07 bits per heavy atom. The van der Waals surface area contributed by atoms with Crippen molar-refractivity contribution in [2.75, 3.05) is 16.0 Å². The zero-order chi connectivity index (χ0) is 30.4. The van der Waals surface area contributed by atoms with Crippen molar-refractivity contribution in [3.05, 3.63) is 82.9 Å². The SMILES string of the molecule is N#C/C(=C/C=N)Nc1ncc(NC(=O)c2cnn(-c3ccc4c5c(cccc35)C(=O)N4)c2C(F)(F)F)cc1C(F)(F)F. The summed E-state index contributed by atoms with van der Waals surface area (Å²) < 4.78 is 84.6. The van der Waals surface area contributed by atoms with E-state index in [1.807, 2.05) is 5.32 Å². The van der Waals surface area contributed by atoms with Gasteiger partial charge in [0.15, 0.2) is 5.69 Å². The number of carbonyl (C=O) groups is 2. The molecule has 16 heteroatoms. The van der Waals surface area contributed by atoms with E-state index in [4.69, 9.17) is 10.7 Å². The number of carbonyl (C=O) groups excluding carboxylic acids is 2. The minimum atomic E-state index is -5.14. The average Bonchev–Trinajstić information content (AvgIpc) is 3.52. The van der Waals surface area contributed by atoms with Crippen molar-refractivity contribution in [3.8, 4) is 11.8 Å². The first-order valence-corrected chi connectivity index (χ1v) is 11.6. The van der Waals surface area contributed by atoms with Crippen LogP contribution in [-0.4, -0.2) is 32.8 Å². The second-order valence-corrected chi connectivity index (χ2v) is 8.69. The summed E-state index contributed by atoms with van der Waals surface area (Å²) in [4.78, 5) is 28.8. The van der Waals surface area contributed by atoms with E-state index in [1.54, 1.807) is 6.07 Å². The van der Waals surface area contributed by atoms with Crippen LogP contribution in [0.3, 0.4) is 0 Å². The predicted molar refractivity (Wildman–Crippen MR) is 137 cm³/mol. The molecule has 0 saturated carbocycles. The number of benzene rings is 2. The maximum Gasteiger partial charge on any atom is 0.434 e. The third-order valence-corrected chi connectivity index (χ3v) is 6.10. The molecule has 5 rings (SSSR count). The number of anilines is 3. The molecule has 212 valence electrons. The maximum atomic E-state index is 14.3. The van der Waals surface area contributed by atoms with Gasteiger partial charge in [-0.2, -0.15) is 36.7 Å². The number of hydrogen-bond donors (Lipinski definition) is 4. The number of rotatable bonds is 6. The van der Waals surface area contributed by atoms with E-state index in [9.17, 15) is 35.9 Å². The number of aromatic nitrogens is 3. The van der Waals surface area contributed by atoms with Gasteiger partial charge in [0.1, 0.15) is 23.1 Å². The highest BCUT2D eigenvalue weighted by atomic mass is 19.4. The van der Waals surface area contributed by atoms with Gasteiger partial charge in [-0.25, -0.2) is 9.67 Å². The van der Waals surface area contributed by atoms with Crippen molar-refractivity contribution in [1.82, 2.24) is 14.8 Å². The van der Waals surface area contributed by atoms with Crippen LogP contribution < -0.4 is 16.0 Å². The molecule has 0 radical (unpaired) electrons. The van der Waals surface area contributed by atoms with Crippen LogP contribution in [0.2, 0.25) is 0 Å². The molecule has 2 amide bonds. The van der Waals surface area contributed by atoms with E-state index in [2.05, 4.69) is 20.7 Å². The van der Waals surface area contributed by atoms with E-state index >= 15 is 0 Å². The van der Waals surface area contributed by atoms with Crippen molar-refractivity contribution in [2.24, 2.45) is 0 Å². The van der Waals surface area contributed by atoms with Crippen molar-refractivity contribution in [3.63, 3.8) is 0 Å². The number of nitrogens with one attached hydrogen (secondary N) is 4. The van der Waals surface area contributed by atoms with Crippen molar-refractivity contribution in [1.29, 1.82) is 10.7 Å². The zero-order valence-electron chi connectivity index (χ0n) is 20.6. The minimum absolute atomic E-state index is 0.0961. The summed E-state index contributed by atoms with van der Waals surface area (Å²) in [7, 11) is 0. The molecule has 4 aromatic rings. The Kier molecular flexibility index (Phi) is 6.65. The smallest absolute Gasteiger partial charge is 0.331 e. The van der Waals surface area contributed by atoms with Gasteiger partial charge in [-0.1, -0.05) is 12.1 Å². The highest BCUT2D eigenvalue weighted by molar-refractivity contribution is 6.25. The molecular formula is C26H14F6N8O2. The zero-order valence-corrected chi connectivity index (χ0v) is 20.6. The molecule has 1 aliphatic rings. The summed E-state index contributed by atoms with van der Waals surface area (Å²) in [5.74, 6) is -2.70. The molecule has 42 heavy (non-hydrogen) atoms. The summed E-state index contributed by atoms with van der Waals surface area (Å²) in [5.41, 5.74) is -4.44. The molecule has 0 spiro atoms. The molecule has 0 aliphatic carbocycles. The van der Waals surface area contributed by atoms with Crippen LogP contribution in [0.4, 0.5) is 43.5 Å². The number of nitrogens with zero attached hydrogens (tertiary/aromatic N) is 4. The van der Waals surface area contributed by atoms with Crippen LogP contribution >= 0.6 is 0 Å². The van der Waals surface area contributed by atoms with Gasteiger partial charge in [0.25, 0.3) is 11.8 Å². The Labute approximate surface area is 230 Å². The van der Waals surface area contributed by atoms with Crippen molar-refractivity contribution < 1.29 is 35.9 Å². The van der Waals surface area contributed by atoms with Crippen molar-refractivity contribution >= 4 is 46.0 Å². The minimum Gasteiger partial charge on any atom is -0.331 e. The van der Waals surface area contributed by atoms with Crippen LogP contribution in [0.25, 0.3) is 16.5 Å². The quantitative estimate of drug-likeness (QED) is 0.129. The van der Waals surface area contributed by atoms with Gasteiger partial charge in [0, 0.05) is 28.2 Å². The van der Waals surface area contributed by atoms with Crippen LogP contribution in [0.1, 0.15) is 32.0 Å². The van der Waals surface area contributed by atoms with E-state index in [0.717, 1.165) is 12.3 Å². The average molecular weight is 584 g/mol. The van der Waals surface area contributed by atoms with Gasteiger partial charge >= 0.3 is 12.4 Å². The van der Waals surface area contributed by atoms with Gasteiger partial charge in [0.2, 0.25) is 0 Å². The first-order valence-electron chi connectivity index (χ1n) is 11.6. The number of pyridine rings is 1. The first kappa shape index (κ1) is 27.8. The summed E-state index contributed by atoms with van der Waals surface area (Å²) in [5, 5.41) is 27.1.